The Morgan fingerprint density at radius 1 is 1.04 bits per heavy atom. The van der Waals surface area contributed by atoms with Gasteiger partial charge in [-0.2, -0.15) is 0 Å². The van der Waals surface area contributed by atoms with E-state index in [4.69, 9.17) is 9.47 Å². The Balaban J connectivity index is 1.99. The Bertz CT molecular complexity index is 682. The molecule has 0 heterocycles. The number of methoxy groups -OCH3 is 1. The molecule has 0 saturated carbocycles. The molecular weight excluding hydrogens is 328 g/mol. The summed E-state index contributed by atoms with van der Waals surface area (Å²) in [5, 5.41) is 2.94. The molecule has 2 rings (SSSR count). The first-order valence-corrected chi connectivity index (χ1v) is 9.01. The van der Waals surface area contributed by atoms with Crippen molar-refractivity contribution >= 4 is 11.6 Å². The van der Waals surface area contributed by atoms with Gasteiger partial charge in [0.15, 0.2) is 0 Å². The maximum atomic E-state index is 12.5. The van der Waals surface area contributed by atoms with Crippen LogP contribution < -0.4 is 10.1 Å². The minimum Gasteiger partial charge on any atom is -0.490 e. The molecule has 1 N–H and O–H groups in total. The molecule has 140 valence electrons. The number of amides is 1. The Morgan fingerprint density at radius 2 is 1.73 bits per heavy atom. The molecule has 0 unspecified atom stereocenters. The lowest BCUT2D eigenvalue weighted by molar-refractivity contribution is 0.102. The average molecular weight is 356 g/mol. The van der Waals surface area contributed by atoms with Crippen LogP contribution >= 0.6 is 0 Å². The van der Waals surface area contributed by atoms with Crippen LogP contribution in [-0.2, 0) is 11.3 Å². The second-order valence-electron chi connectivity index (χ2n) is 5.96. The molecule has 2 aromatic carbocycles. The minimum absolute atomic E-state index is 0.159. The van der Waals surface area contributed by atoms with Gasteiger partial charge in [0.1, 0.15) is 12.4 Å². The molecule has 0 aliphatic heterocycles. The lowest BCUT2D eigenvalue weighted by Crippen LogP contribution is -2.28. The number of para-hydroxylation sites is 2. The third kappa shape index (κ3) is 5.86. The van der Waals surface area contributed by atoms with E-state index in [0.717, 1.165) is 25.2 Å². The van der Waals surface area contributed by atoms with E-state index in [2.05, 4.69) is 24.1 Å². The van der Waals surface area contributed by atoms with Gasteiger partial charge in [-0.25, -0.2) is 0 Å². The number of ether oxygens (including phenoxy) is 2. The molecule has 1 amide bonds. The van der Waals surface area contributed by atoms with Gasteiger partial charge in [-0.1, -0.05) is 38.1 Å². The van der Waals surface area contributed by atoms with Crippen LogP contribution in [0.15, 0.2) is 48.5 Å². The first-order chi connectivity index (χ1) is 12.7. The van der Waals surface area contributed by atoms with Gasteiger partial charge in [-0.3, -0.25) is 4.79 Å². The number of likely N-dealkylation sites (N-methyl/N-ethyl adjacent to an activating group) is 1. The number of anilines is 1. The smallest absolute Gasteiger partial charge is 0.255 e. The van der Waals surface area contributed by atoms with E-state index in [1.165, 1.54) is 0 Å². The van der Waals surface area contributed by atoms with Gasteiger partial charge in [0.25, 0.3) is 5.91 Å². The van der Waals surface area contributed by atoms with Gasteiger partial charge in [0.05, 0.1) is 12.3 Å². The summed E-state index contributed by atoms with van der Waals surface area (Å²) in [6, 6.07) is 14.9. The summed E-state index contributed by atoms with van der Waals surface area (Å²) in [6.45, 7) is 8.24. The lowest BCUT2D eigenvalue weighted by Gasteiger charge is -2.19. The topological polar surface area (TPSA) is 50.8 Å². The zero-order valence-corrected chi connectivity index (χ0v) is 15.8. The van der Waals surface area contributed by atoms with E-state index in [1.54, 1.807) is 19.2 Å². The maximum Gasteiger partial charge on any atom is 0.255 e. The number of rotatable bonds is 10. The molecule has 0 aliphatic carbocycles. The minimum atomic E-state index is -0.159. The van der Waals surface area contributed by atoms with Crippen molar-refractivity contribution in [3.05, 3.63) is 59.7 Å². The van der Waals surface area contributed by atoms with Crippen molar-refractivity contribution in [3.8, 4) is 5.75 Å². The molecule has 0 saturated heterocycles. The van der Waals surface area contributed by atoms with Crippen molar-refractivity contribution in [3.63, 3.8) is 0 Å². The first-order valence-electron chi connectivity index (χ1n) is 9.01. The fraction of sp³-hybridized carbons (Fsp3) is 0.381. The summed E-state index contributed by atoms with van der Waals surface area (Å²) in [7, 11) is 1.65. The largest absolute Gasteiger partial charge is 0.490 e. The van der Waals surface area contributed by atoms with E-state index in [1.807, 2.05) is 36.4 Å². The average Bonchev–Trinajstić information content (AvgIpc) is 2.67. The number of nitrogens with zero attached hydrogens (tertiary/aromatic N) is 1. The SMILES string of the molecule is CCN(CC)CCOc1ccccc1NC(=O)c1ccc(COC)cc1. The van der Waals surface area contributed by atoms with Crippen molar-refractivity contribution in [1.29, 1.82) is 0 Å². The number of hydrogen-bond acceptors (Lipinski definition) is 4. The van der Waals surface area contributed by atoms with Crippen LogP contribution in [0.5, 0.6) is 5.75 Å². The second kappa shape index (κ2) is 10.6. The molecule has 0 aliphatic rings. The first kappa shape index (κ1) is 19.9. The normalized spacial score (nSPS) is 10.8. The van der Waals surface area contributed by atoms with E-state index in [9.17, 15) is 4.79 Å². The van der Waals surface area contributed by atoms with Crippen LogP contribution in [0.25, 0.3) is 0 Å². The number of benzene rings is 2. The van der Waals surface area contributed by atoms with Crippen molar-refractivity contribution in [2.24, 2.45) is 0 Å². The molecule has 0 atom stereocenters. The van der Waals surface area contributed by atoms with Crippen LogP contribution in [0.3, 0.4) is 0 Å². The molecule has 2 aromatic rings. The Hall–Kier alpha value is -2.37. The highest BCUT2D eigenvalue weighted by Gasteiger charge is 2.10. The molecule has 5 heteroatoms. The third-order valence-corrected chi connectivity index (χ3v) is 4.22. The number of nitrogens with one attached hydrogen (secondary N) is 1. The van der Waals surface area contributed by atoms with Crippen LogP contribution in [0.4, 0.5) is 5.69 Å². The van der Waals surface area contributed by atoms with E-state index >= 15 is 0 Å². The zero-order valence-electron chi connectivity index (χ0n) is 15.8. The van der Waals surface area contributed by atoms with Gasteiger partial charge in [-0.05, 0) is 42.9 Å². The van der Waals surface area contributed by atoms with E-state index < -0.39 is 0 Å². The third-order valence-electron chi connectivity index (χ3n) is 4.22. The quantitative estimate of drug-likeness (QED) is 0.703. The summed E-state index contributed by atoms with van der Waals surface area (Å²) >= 11 is 0. The standard InChI is InChI=1S/C21H28N2O3/c1-4-23(5-2)14-15-26-20-9-7-6-8-19(20)22-21(24)18-12-10-17(11-13-18)16-25-3/h6-13H,4-5,14-16H2,1-3H3,(H,22,24). The fourth-order valence-electron chi connectivity index (χ4n) is 2.63. The van der Waals surface area contributed by atoms with Crippen LogP contribution in [-0.4, -0.2) is 44.2 Å². The zero-order chi connectivity index (χ0) is 18.8. The van der Waals surface area contributed by atoms with Crippen molar-refractivity contribution in [1.82, 2.24) is 4.90 Å². The van der Waals surface area contributed by atoms with E-state index in [-0.39, 0.29) is 5.91 Å². The lowest BCUT2D eigenvalue weighted by atomic mass is 10.1. The fourth-order valence-corrected chi connectivity index (χ4v) is 2.63. The second-order valence-corrected chi connectivity index (χ2v) is 5.96. The van der Waals surface area contributed by atoms with Crippen LogP contribution in [0, 0.1) is 0 Å². The van der Waals surface area contributed by atoms with Crippen LogP contribution in [0.1, 0.15) is 29.8 Å². The van der Waals surface area contributed by atoms with E-state index in [0.29, 0.717) is 30.2 Å². The molecule has 26 heavy (non-hydrogen) atoms. The van der Waals surface area contributed by atoms with Gasteiger partial charge in [0, 0.05) is 19.2 Å². The molecule has 0 fully saturated rings. The van der Waals surface area contributed by atoms with Crippen molar-refractivity contribution in [2.75, 3.05) is 38.7 Å². The van der Waals surface area contributed by atoms with Gasteiger partial charge in [0.2, 0.25) is 0 Å². The summed E-state index contributed by atoms with van der Waals surface area (Å²) in [6.07, 6.45) is 0. The molecule has 0 aromatic heterocycles. The van der Waals surface area contributed by atoms with Gasteiger partial charge < -0.3 is 19.7 Å². The Morgan fingerprint density at radius 3 is 2.38 bits per heavy atom. The predicted octanol–water partition coefficient (Wildman–Crippen LogP) is 3.81. The van der Waals surface area contributed by atoms with Gasteiger partial charge >= 0.3 is 0 Å². The molecule has 0 bridgehead atoms. The molecule has 0 radical (unpaired) electrons. The number of hydrogen-bond donors (Lipinski definition) is 1. The Kier molecular flexibility index (Phi) is 8.12. The van der Waals surface area contributed by atoms with Crippen molar-refractivity contribution < 1.29 is 14.3 Å². The molecular formula is C21H28N2O3. The highest BCUT2D eigenvalue weighted by atomic mass is 16.5. The monoisotopic (exact) mass is 356 g/mol. The molecule has 5 nitrogen and oxygen atoms in total. The summed E-state index contributed by atoms with van der Waals surface area (Å²) in [4.78, 5) is 14.8. The Labute approximate surface area is 155 Å². The number of carbonyl (C=O) groups excluding carboxylic acids is 1. The summed E-state index contributed by atoms with van der Waals surface area (Å²) in [5.41, 5.74) is 2.31. The molecule has 0 spiro atoms. The van der Waals surface area contributed by atoms with Crippen molar-refractivity contribution in [2.45, 2.75) is 20.5 Å². The predicted molar refractivity (Wildman–Crippen MR) is 105 cm³/mol. The summed E-state index contributed by atoms with van der Waals surface area (Å²) < 4.78 is 11.0. The van der Waals surface area contributed by atoms with Crippen LogP contribution in [0.2, 0.25) is 0 Å². The highest BCUT2D eigenvalue weighted by Crippen LogP contribution is 2.24. The van der Waals surface area contributed by atoms with Gasteiger partial charge in [-0.15, -0.1) is 0 Å². The summed E-state index contributed by atoms with van der Waals surface area (Å²) in [5.74, 6) is 0.526. The highest BCUT2D eigenvalue weighted by molar-refractivity contribution is 6.05. The maximum absolute atomic E-state index is 12.5. The number of carbonyl (C=O) groups is 1.